The van der Waals surface area contributed by atoms with E-state index in [-0.39, 0.29) is 5.91 Å². The van der Waals surface area contributed by atoms with Crippen molar-refractivity contribution in [3.05, 3.63) is 41.5 Å². The van der Waals surface area contributed by atoms with Crippen molar-refractivity contribution in [2.24, 2.45) is 7.05 Å². The maximum Gasteiger partial charge on any atom is 0.254 e. The lowest BCUT2D eigenvalue weighted by Crippen LogP contribution is -2.29. The van der Waals surface area contributed by atoms with Crippen LogP contribution >= 0.6 is 0 Å². The van der Waals surface area contributed by atoms with Gasteiger partial charge in [-0.2, -0.15) is 0 Å². The number of nitrogens with zero attached hydrogens (tertiary/aromatic N) is 3. The molecule has 126 valence electrons. The van der Waals surface area contributed by atoms with Gasteiger partial charge in [0.05, 0.1) is 5.69 Å². The molecule has 0 spiro atoms. The molecule has 1 atom stereocenters. The SMILES string of the molecule is Cc1cn(C)c([C@H]2CCN(C(=O)c3ccc4c(c3)OCCO4)C2)n1. The zero-order valence-electron chi connectivity index (χ0n) is 14.0. The number of aromatic nitrogens is 2. The molecule has 1 amide bonds. The van der Waals surface area contributed by atoms with E-state index in [1.165, 1.54) is 0 Å². The number of carbonyl (C=O) groups excluding carboxylic acids is 1. The van der Waals surface area contributed by atoms with Crippen molar-refractivity contribution in [2.45, 2.75) is 19.3 Å². The fourth-order valence-electron chi connectivity index (χ4n) is 3.53. The summed E-state index contributed by atoms with van der Waals surface area (Å²) in [5.41, 5.74) is 1.67. The molecule has 2 aliphatic heterocycles. The number of rotatable bonds is 2. The minimum absolute atomic E-state index is 0.0420. The third-order valence-corrected chi connectivity index (χ3v) is 4.66. The van der Waals surface area contributed by atoms with Crippen LogP contribution < -0.4 is 9.47 Å². The highest BCUT2D eigenvalue weighted by molar-refractivity contribution is 5.95. The molecule has 0 N–H and O–H groups in total. The predicted octanol–water partition coefficient (Wildman–Crippen LogP) is 2.13. The highest BCUT2D eigenvalue weighted by atomic mass is 16.6. The highest BCUT2D eigenvalue weighted by Crippen LogP contribution is 2.32. The Morgan fingerprint density at radius 2 is 2.04 bits per heavy atom. The summed E-state index contributed by atoms with van der Waals surface area (Å²) in [7, 11) is 2.01. The number of likely N-dealkylation sites (tertiary alicyclic amines) is 1. The van der Waals surface area contributed by atoms with Gasteiger partial charge in [0.15, 0.2) is 11.5 Å². The first-order chi connectivity index (χ1) is 11.6. The standard InChI is InChI=1S/C18H21N3O3/c1-12-10-20(2)17(19-12)14-5-6-21(11-14)18(22)13-3-4-15-16(9-13)24-8-7-23-15/h3-4,9-10,14H,5-8,11H2,1-2H3/t14-/m0/s1. The van der Waals surface area contributed by atoms with Crippen molar-refractivity contribution in [1.29, 1.82) is 0 Å². The first kappa shape index (κ1) is 15.1. The minimum atomic E-state index is 0.0420. The molecule has 1 fully saturated rings. The molecule has 0 bridgehead atoms. The summed E-state index contributed by atoms with van der Waals surface area (Å²) in [4.78, 5) is 19.3. The van der Waals surface area contributed by atoms with E-state index in [0.29, 0.717) is 42.7 Å². The second-order valence-electron chi connectivity index (χ2n) is 6.45. The first-order valence-electron chi connectivity index (χ1n) is 8.30. The van der Waals surface area contributed by atoms with Crippen molar-refractivity contribution < 1.29 is 14.3 Å². The zero-order valence-corrected chi connectivity index (χ0v) is 14.0. The Balaban J connectivity index is 1.50. The third kappa shape index (κ3) is 2.62. The van der Waals surface area contributed by atoms with Crippen LogP contribution in [-0.4, -0.2) is 46.7 Å². The van der Waals surface area contributed by atoms with Gasteiger partial charge in [-0.15, -0.1) is 0 Å². The van der Waals surface area contributed by atoms with E-state index in [1.807, 2.05) is 37.2 Å². The van der Waals surface area contributed by atoms with E-state index in [1.54, 1.807) is 6.07 Å². The van der Waals surface area contributed by atoms with Gasteiger partial charge in [-0.25, -0.2) is 4.98 Å². The van der Waals surface area contributed by atoms with Gasteiger partial charge < -0.3 is 18.9 Å². The fraction of sp³-hybridized carbons (Fsp3) is 0.444. The Hall–Kier alpha value is -2.50. The van der Waals surface area contributed by atoms with Crippen LogP contribution in [0.25, 0.3) is 0 Å². The van der Waals surface area contributed by atoms with Crippen molar-refractivity contribution in [2.75, 3.05) is 26.3 Å². The Bertz CT molecular complexity index is 784. The Morgan fingerprint density at radius 3 is 2.79 bits per heavy atom. The lowest BCUT2D eigenvalue weighted by Gasteiger charge is -2.20. The second kappa shape index (κ2) is 5.85. The molecule has 6 heteroatoms. The van der Waals surface area contributed by atoms with Gasteiger partial charge in [-0.3, -0.25) is 4.79 Å². The third-order valence-electron chi connectivity index (χ3n) is 4.66. The van der Waals surface area contributed by atoms with Crippen LogP contribution in [0.4, 0.5) is 0 Å². The van der Waals surface area contributed by atoms with Gasteiger partial charge in [0.25, 0.3) is 5.91 Å². The Morgan fingerprint density at radius 1 is 1.25 bits per heavy atom. The number of benzene rings is 1. The molecule has 2 aromatic rings. The largest absolute Gasteiger partial charge is 0.486 e. The Kier molecular flexibility index (Phi) is 3.67. The molecule has 2 aliphatic rings. The number of ether oxygens (including phenoxy) is 2. The summed E-state index contributed by atoms with van der Waals surface area (Å²) in [6.07, 6.45) is 2.97. The molecule has 1 aromatic heterocycles. The summed E-state index contributed by atoms with van der Waals surface area (Å²) in [6.45, 7) is 4.53. The van der Waals surface area contributed by atoms with Crippen LogP contribution in [0.2, 0.25) is 0 Å². The van der Waals surface area contributed by atoms with Crippen molar-refractivity contribution in [3.8, 4) is 11.5 Å². The van der Waals surface area contributed by atoms with Crippen molar-refractivity contribution in [1.82, 2.24) is 14.5 Å². The monoisotopic (exact) mass is 327 g/mol. The Labute approximate surface area is 141 Å². The number of hydrogen-bond donors (Lipinski definition) is 0. The van der Waals surface area contributed by atoms with Gasteiger partial charge in [-0.05, 0) is 31.5 Å². The number of fused-ring (bicyclic) bond motifs is 1. The molecule has 0 radical (unpaired) electrons. The molecule has 3 heterocycles. The van der Waals surface area contributed by atoms with E-state index in [9.17, 15) is 4.79 Å². The number of hydrogen-bond acceptors (Lipinski definition) is 4. The van der Waals surface area contributed by atoms with E-state index in [4.69, 9.17) is 9.47 Å². The van der Waals surface area contributed by atoms with Crippen LogP contribution in [-0.2, 0) is 7.05 Å². The molecule has 6 nitrogen and oxygen atoms in total. The number of amides is 1. The summed E-state index contributed by atoms with van der Waals surface area (Å²) in [5, 5.41) is 0. The average Bonchev–Trinajstić information content (AvgIpc) is 3.20. The van der Waals surface area contributed by atoms with Gasteiger partial charge in [0, 0.05) is 37.8 Å². The molecule has 1 saturated heterocycles. The molecule has 24 heavy (non-hydrogen) atoms. The topological polar surface area (TPSA) is 56.6 Å². The van der Waals surface area contributed by atoms with Gasteiger partial charge >= 0.3 is 0 Å². The molecule has 0 unspecified atom stereocenters. The van der Waals surface area contributed by atoms with E-state index in [0.717, 1.165) is 24.5 Å². The van der Waals surface area contributed by atoms with Gasteiger partial charge in [0.1, 0.15) is 19.0 Å². The van der Waals surface area contributed by atoms with Crippen LogP contribution in [0.3, 0.4) is 0 Å². The first-order valence-corrected chi connectivity index (χ1v) is 8.30. The van der Waals surface area contributed by atoms with Gasteiger partial charge in [-0.1, -0.05) is 0 Å². The fourth-order valence-corrected chi connectivity index (χ4v) is 3.53. The maximum absolute atomic E-state index is 12.8. The number of imidazole rings is 1. The molecule has 1 aromatic carbocycles. The molecule has 0 saturated carbocycles. The van der Waals surface area contributed by atoms with Crippen molar-refractivity contribution in [3.63, 3.8) is 0 Å². The van der Waals surface area contributed by atoms with Crippen LogP contribution in [0, 0.1) is 6.92 Å². The second-order valence-corrected chi connectivity index (χ2v) is 6.45. The highest BCUT2D eigenvalue weighted by Gasteiger charge is 2.30. The maximum atomic E-state index is 12.8. The average molecular weight is 327 g/mol. The van der Waals surface area contributed by atoms with E-state index >= 15 is 0 Å². The summed E-state index contributed by atoms with van der Waals surface area (Å²) < 4.78 is 13.2. The van der Waals surface area contributed by atoms with Gasteiger partial charge in [0.2, 0.25) is 0 Å². The molecular weight excluding hydrogens is 306 g/mol. The smallest absolute Gasteiger partial charge is 0.254 e. The quantitative estimate of drug-likeness (QED) is 0.848. The number of aryl methyl sites for hydroxylation is 2. The summed E-state index contributed by atoms with van der Waals surface area (Å²) >= 11 is 0. The molecular formula is C18H21N3O3. The van der Waals surface area contributed by atoms with Crippen LogP contribution in [0.1, 0.15) is 34.2 Å². The van der Waals surface area contributed by atoms with Crippen LogP contribution in [0.15, 0.2) is 24.4 Å². The minimum Gasteiger partial charge on any atom is -0.486 e. The summed E-state index contributed by atoms with van der Waals surface area (Å²) in [6, 6.07) is 5.42. The molecule has 4 rings (SSSR count). The normalized spacial score (nSPS) is 19.6. The number of carbonyl (C=O) groups is 1. The lowest BCUT2D eigenvalue weighted by atomic mass is 10.1. The lowest BCUT2D eigenvalue weighted by molar-refractivity contribution is 0.0789. The van der Waals surface area contributed by atoms with E-state index < -0.39 is 0 Å². The zero-order chi connectivity index (χ0) is 16.7. The van der Waals surface area contributed by atoms with E-state index in [2.05, 4.69) is 9.55 Å². The predicted molar refractivity (Wildman–Crippen MR) is 88.6 cm³/mol. The molecule has 0 aliphatic carbocycles. The van der Waals surface area contributed by atoms with Crippen molar-refractivity contribution >= 4 is 5.91 Å². The van der Waals surface area contributed by atoms with Crippen LogP contribution in [0.5, 0.6) is 11.5 Å². The summed E-state index contributed by atoms with van der Waals surface area (Å²) in [5.74, 6) is 2.76.